The Kier molecular flexibility index (Phi) is 3.83. The molecule has 23 heavy (non-hydrogen) atoms. The number of piperidine rings is 1. The molecule has 0 bridgehead atoms. The molecule has 1 fully saturated rings. The molecule has 2 aliphatic rings. The van der Waals surface area contributed by atoms with Gasteiger partial charge in [0, 0.05) is 12.1 Å². The van der Waals surface area contributed by atoms with Gasteiger partial charge >= 0.3 is 0 Å². The fourth-order valence-electron chi connectivity index (χ4n) is 2.89. The molecule has 0 radical (unpaired) electrons. The van der Waals surface area contributed by atoms with Crippen molar-refractivity contribution in [2.75, 3.05) is 18.4 Å². The minimum Gasteiger partial charge on any atom is -0.379 e. The Morgan fingerprint density at radius 2 is 2.00 bits per heavy atom. The van der Waals surface area contributed by atoms with Gasteiger partial charge in [0.25, 0.3) is 11.8 Å². The summed E-state index contributed by atoms with van der Waals surface area (Å²) in [6, 6.07) is 4.02. The van der Waals surface area contributed by atoms with Crippen molar-refractivity contribution in [3.8, 4) is 0 Å². The molecule has 5 N–H and O–H groups in total. The van der Waals surface area contributed by atoms with E-state index in [4.69, 9.17) is 0 Å². The molecular formula is C15H17N4O4+. The van der Waals surface area contributed by atoms with Crippen LogP contribution in [0.4, 0.5) is 5.69 Å². The molecule has 0 saturated carbocycles. The third-order valence-electron chi connectivity index (χ3n) is 3.96. The maximum Gasteiger partial charge on any atom is 0.264 e. The van der Waals surface area contributed by atoms with Crippen LogP contribution in [0.1, 0.15) is 33.6 Å². The average molecular weight is 317 g/mol. The van der Waals surface area contributed by atoms with Gasteiger partial charge in [0.1, 0.15) is 6.04 Å². The number of benzene rings is 1. The molecule has 1 atom stereocenters. The van der Waals surface area contributed by atoms with Crippen LogP contribution in [0, 0.1) is 0 Å². The van der Waals surface area contributed by atoms with Gasteiger partial charge in [0.05, 0.1) is 24.2 Å². The predicted octanol–water partition coefficient (Wildman–Crippen LogP) is -1.26. The van der Waals surface area contributed by atoms with Crippen LogP contribution in [0.25, 0.3) is 0 Å². The molecule has 0 spiro atoms. The Bertz CT molecular complexity index is 715. The molecule has 0 aliphatic carbocycles. The van der Waals surface area contributed by atoms with Gasteiger partial charge in [0.15, 0.2) is 0 Å². The van der Waals surface area contributed by atoms with Gasteiger partial charge in [0.2, 0.25) is 11.8 Å². The van der Waals surface area contributed by atoms with E-state index in [1.807, 2.05) is 0 Å². The lowest BCUT2D eigenvalue weighted by Crippen LogP contribution is -2.54. The summed E-state index contributed by atoms with van der Waals surface area (Å²) in [7, 11) is 0. The number of amides is 4. The topological polar surface area (TPSA) is 123 Å². The highest BCUT2D eigenvalue weighted by atomic mass is 16.2. The van der Waals surface area contributed by atoms with Gasteiger partial charge in [-0.05, 0) is 18.6 Å². The lowest BCUT2D eigenvalue weighted by atomic mass is 10.0. The van der Waals surface area contributed by atoms with Crippen LogP contribution in [0.3, 0.4) is 0 Å². The van der Waals surface area contributed by atoms with Crippen molar-refractivity contribution >= 4 is 29.3 Å². The minimum atomic E-state index is -0.944. The van der Waals surface area contributed by atoms with Gasteiger partial charge in [-0.25, -0.2) is 0 Å². The van der Waals surface area contributed by atoms with E-state index < -0.39 is 23.8 Å². The van der Waals surface area contributed by atoms with Gasteiger partial charge in [-0.3, -0.25) is 29.4 Å². The van der Waals surface area contributed by atoms with Crippen molar-refractivity contribution in [2.24, 2.45) is 0 Å². The van der Waals surface area contributed by atoms with E-state index >= 15 is 0 Å². The second-order valence-electron chi connectivity index (χ2n) is 5.46. The van der Waals surface area contributed by atoms with Gasteiger partial charge in [-0.2, -0.15) is 0 Å². The minimum absolute atomic E-state index is 0.108. The van der Waals surface area contributed by atoms with E-state index in [1.54, 1.807) is 18.2 Å². The Labute approximate surface area is 132 Å². The number of imide groups is 2. The summed E-state index contributed by atoms with van der Waals surface area (Å²) < 4.78 is 0. The van der Waals surface area contributed by atoms with Crippen molar-refractivity contribution in [2.45, 2.75) is 18.9 Å². The first-order chi connectivity index (χ1) is 11.0. The zero-order valence-corrected chi connectivity index (χ0v) is 12.4. The molecular weight excluding hydrogens is 300 g/mol. The van der Waals surface area contributed by atoms with Crippen LogP contribution < -0.4 is 16.4 Å². The Balaban J connectivity index is 1.94. The van der Waals surface area contributed by atoms with Crippen molar-refractivity contribution in [1.29, 1.82) is 0 Å². The second-order valence-corrected chi connectivity index (χ2v) is 5.46. The highest BCUT2D eigenvalue weighted by molar-refractivity contribution is 6.25. The number of fused-ring (bicyclic) bond motifs is 1. The molecule has 0 aromatic heterocycles. The summed E-state index contributed by atoms with van der Waals surface area (Å²) in [5, 5.41) is 5.25. The molecule has 3 rings (SSSR count). The van der Waals surface area contributed by atoms with Crippen LogP contribution in [0.15, 0.2) is 18.2 Å². The second kappa shape index (κ2) is 5.81. The predicted molar refractivity (Wildman–Crippen MR) is 79.4 cm³/mol. The summed E-state index contributed by atoms with van der Waals surface area (Å²) in [6.07, 6.45) is 0.258. The van der Waals surface area contributed by atoms with Crippen molar-refractivity contribution in [3.05, 3.63) is 29.3 Å². The SMILES string of the molecule is [NH3+]CCNc1cccc2c1C(=O)N(C1CCC(=O)NC1=O)C2=O. The summed E-state index contributed by atoms with van der Waals surface area (Å²) in [5.74, 6) is -2.01. The average Bonchev–Trinajstić information content (AvgIpc) is 2.78. The van der Waals surface area contributed by atoms with Crippen LogP contribution >= 0.6 is 0 Å². The highest BCUT2D eigenvalue weighted by Crippen LogP contribution is 2.32. The molecule has 2 aliphatic heterocycles. The fraction of sp³-hybridized carbons (Fsp3) is 0.333. The first kappa shape index (κ1) is 15.2. The first-order valence-electron chi connectivity index (χ1n) is 7.42. The smallest absolute Gasteiger partial charge is 0.264 e. The maximum absolute atomic E-state index is 12.7. The Hall–Kier alpha value is -2.74. The number of quaternary nitrogens is 1. The molecule has 4 amide bonds. The van der Waals surface area contributed by atoms with Gasteiger partial charge < -0.3 is 11.1 Å². The van der Waals surface area contributed by atoms with E-state index in [0.29, 0.717) is 18.8 Å². The molecule has 1 saturated heterocycles. The molecule has 1 aromatic carbocycles. The Morgan fingerprint density at radius 3 is 2.70 bits per heavy atom. The normalized spacial score (nSPS) is 20.6. The first-order valence-corrected chi connectivity index (χ1v) is 7.42. The number of nitrogens with one attached hydrogen (secondary N) is 2. The number of nitrogens with zero attached hydrogens (tertiary/aromatic N) is 1. The molecule has 2 heterocycles. The molecule has 1 aromatic rings. The summed E-state index contributed by atoms with van der Waals surface area (Å²) in [6.45, 7) is 1.19. The summed E-state index contributed by atoms with van der Waals surface area (Å²) in [5.41, 5.74) is 4.82. The van der Waals surface area contributed by atoms with E-state index in [2.05, 4.69) is 16.4 Å². The molecule has 8 heteroatoms. The van der Waals surface area contributed by atoms with Crippen molar-refractivity contribution in [3.63, 3.8) is 0 Å². The fourth-order valence-corrected chi connectivity index (χ4v) is 2.89. The standard InChI is InChI=1S/C15H16N4O4/c16-6-7-17-9-3-1-2-8-12(9)15(23)19(14(8)22)10-4-5-11(20)18-13(10)21/h1-3,10,17H,4-7,16H2,(H,18,20,21)/p+1. The number of hydrogen-bond acceptors (Lipinski definition) is 5. The number of hydrogen-bond donors (Lipinski definition) is 3. The quantitative estimate of drug-likeness (QED) is 0.598. The zero-order chi connectivity index (χ0) is 16.6. The van der Waals surface area contributed by atoms with E-state index in [-0.39, 0.29) is 29.9 Å². The van der Waals surface area contributed by atoms with Crippen LogP contribution in [-0.4, -0.2) is 47.7 Å². The highest BCUT2D eigenvalue weighted by Gasteiger charge is 2.45. The van der Waals surface area contributed by atoms with Crippen molar-refractivity contribution < 1.29 is 24.9 Å². The van der Waals surface area contributed by atoms with Crippen LogP contribution in [-0.2, 0) is 9.59 Å². The lowest BCUT2D eigenvalue weighted by Gasteiger charge is -2.27. The number of anilines is 1. The summed E-state index contributed by atoms with van der Waals surface area (Å²) in [4.78, 5) is 49.5. The largest absolute Gasteiger partial charge is 0.379 e. The zero-order valence-electron chi connectivity index (χ0n) is 12.4. The molecule has 8 nitrogen and oxygen atoms in total. The summed E-state index contributed by atoms with van der Waals surface area (Å²) >= 11 is 0. The molecule has 120 valence electrons. The Morgan fingerprint density at radius 1 is 1.22 bits per heavy atom. The third kappa shape index (κ3) is 2.46. The number of carbonyl (C=O) groups is 4. The van der Waals surface area contributed by atoms with Crippen LogP contribution in [0.2, 0.25) is 0 Å². The number of carbonyl (C=O) groups excluding carboxylic acids is 4. The van der Waals surface area contributed by atoms with E-state index in [9.17, 15) is 19.2 Å². The third-order valence-corrected chi connectivity index (χ3v) is 3.96. The van der Waals surface area contributed by atoms with Crippen LogP contribution in [0.5, 0.6) is 0 Å². The van der Waals surface area contributed by atoms with E-state index in [1.165, 1.54) is 0 Å². The van der Waals surface area contributed by atoms with Gasteiger partial charge in [-0.15, -0.1) is 0 Å². The van der Waals surface area contributed by atoms with E-state index in [0.717, 1.165) is 4.90 Å². The maximum atomic E-state index is 12.7. The molecule has 1 unspecified atom stereocenters. The van der Waals surface area contributed by atoms with Gasteiger partial charge in [-0.1, -0.05) is 6.07 Å². The number of rotatable bonds is 4. The van der Waals surface area contributed by atoms with Crippen molar-refractivity contribution in [1.82, 2.24) is 10.2 Å². The lowest BCUT2D eigenvalue weighted by molar-refractivity contribution is -0.362. The monoisotopic (exact) mass is 317 g/mol.